The molecule has 0 spiro atoms. The molecule has 4 saturated heterocycles. The van der Waals surface area contributed by atoms with Crippen molar-refractivity contribution in [1.82, 2.24) is 19.7 Å². The van der Waals surface area contributed by atoms with Crippen LogP contribution in [0.5, 0.6) is 0 Å². The monoisotopic (exact) mass is 437 g/mol. The van der Waals surface area contributed by atoms with Crippen LogP contribution in [0.2, 0.25) is 0 Å². The van der Waals surface area contributed by atoms with Gasteiger partial charge in [0, 0.05) is 36.6 Å². The van der Waals surface area contributed by atoms with Crippen molar-refractivity contribution in [2.24, 2.45) is 11.7 Å². The number of hydrogen-bond donors (Lipinski definition) is 1. The normalized spacial score (nSPS) is 35.3. The Kier molecular flexibility index (Phi) is 5.53. The maximum Gasteiger partial charge on any atom is 0.161 e. The number of nitrogens with two attached hydrogens (primary N) is 1. The fourth-order valence-corrected chi connectivity index (χ4v) is 6.80. The van der Waals surface area contributed by atoms with Gasteiger partial charge in [-0.3, -0.25) is 4.90 Å². The van der Waals surface area contributed by atoms with Crippen LogP contribution in [0.1, 0.15) is 73.7 Å². The summed E-state index contributed by atoms with van der Waals surface area (Å²) in [5, 5.41) is 9.18. The highest BCUT2D eigenvalue weighted by molar-refractivity contribution is 5.18. The molecule has 0 amide bonds. The molecule has 1 aromatic heterocycles. The second kappa shape index (κ2) is 8.52. The molecule has 2 N–H and O–H groups in total. The topological polar surface area (TPSA) is 78.4 Å². The van der Waals surface area contributed by atoms with Gasteiger partial charge in [0.2, 0.25) is 0 Å². The van der Waals surface area contributed by atoms with E-state index in [-0.39, 0.29) is 12.3 Å². The van der Waals surface area contributed by atoms with Crippen LogP contribution < -0.4 is 5.73 Å². The maximum atomic E-state index is 6.51. The summed E-state index contributed by atoms with van der Waals surface area (Å²) in [6, 6.07) is 12.4. The van der Waals surface area contributed by atoms with Gasteiger partial charge < -0.3 is 19.8 Å². The Morgan fingerprint density at radius 2 is 1.81 bits per heavy atom. The third-order valence-corrected chi connectivity index (χ3v) is 8.41. The minimum Gasteiger partial charge on any atom is -0.352 e. The van der Waals surface area contributed by atoms with Crippen molar-refractivity contribution >= 4 is 0 Å². The van der Waals surface area contributed by atoms with Crippen LogP contribution in [0.25, 0.3) is 0 Å². The number of piperidine rings is 1. The summed E-state index contributed by atoms with van der Waals surface area (Å²) in [5.74, 6) is 2.91. The average Bonchev–Trinajstić information content (AvgIpc) is 3.56. The van der Waals surface area contributed by atoms with E-state index in [1.54, 1.807) is 0 Å². The molecule has 4 aliphatic heterocycles. The minimum absolute atomic E-state index is 0.0442. The molecule has 0 saturated carbocycles. The Hall–Kier alpha value is -1.80. The van der Waals surface area contributed by atoms with Gasteiger partial charge in [0.1, 0.15) is 11.6 Å². The smallest absolute Gasteiger partial charge is 0.161 e. The number of nitrogens with zero attached hydrogens (tertiary/aromatic N) is 4. The molecule has 2 aromatic rings. The van der Waals surface area contributed by atoms with Gasteiger partial charge in [0.25, 0.3) is 0 Å². The molecule has 6 atom stereocenters. The van der Waals surface area contributed by atoms with E-state index in [2.05, 4.69) is 56.9 Å². The van der Waals surface area contributed by atoms with Gasteiger partial charge in [0.15, 0.2) is 6.29 Å². The molecule has 2 bridgehead atoms. The summed E-state index contributed by atoms with van der Waals surface area (Å²) in [5.41, 5.74) is 7.75. The zero-order valence-electron chi connectivity index (χ0n) is 19.0. The lowest BCUT2D eigenvalue weighted by Crippen LogP contribution is -2.44. The van der Waals surface area contributed by atoms with Crippen molar-refractivity contribution < 1.29 is 9.47 Å². The Morgan fingerprint density at radius 1 is 1.03 bits per heavy atom. The number of ether oxygens (including phenoxy) is 2. The van der Waals surface area contributed by atoms with Crippen LogP contribution in [-0.2, 0) is 9.47 Å². The summed E-state index contributed by atoms with van der Waals surface area (Å²) in [6.45, 7) is 4.70. The lowest BCUT2D eigenvalue weighted by Gasteiger charge is -2.40. The molecular formula is C25H35N5O2. The van der Waals surface area contributed by atoms with Crippen LogP contribution in [-0.4, -0.2) is 57.8 Å². The lowest BCUT2D eigenvalue weighted by atomic mass is 9.91. The van der Waals surface area contributed by atoms with Gasteiger partial charge in [-0.1, -0.05) is 30.3 Å². The number of aryl methyl sites for hydroxylation is 1. The fourth-order valence-electron chi connectivity index (χ4n) is 6.80. The molecule has 1 aromatic carbocycles. The second-order valence-electron chi connectivity index (χ2n) is 10.2. The van der Waals surface area contributed by atoms with Gasteiger partial charge in [-0.15, -0.1) is 10.2 Å². The quantitative estimate of drug-likeness (QED) is 0.747. The second-order valence-corrected chi connectivity index (χ2v) is 10.2. The van der Waals surface area contributed by atoms with E-state index in [1.807, 2.05) is 0 Å². The fraction of sp³-hybridized carbons (Fsp3) is 0.680. The third kappa shape index (κ3) is 3.59. The van der Waals surface area contributed by atoms with E-state index < -0.39 is 0 Å². The van der Waals surface area contributed by atoms with Gasteiger partial charge in [-0.2, -0.15) is 0 Å². The van der Waals surface area contributed by atoms with E-state index in [0.29, 0.717) is 36.6 Å². The predicted octanol–water partition coefficient (Wildman–Crippen LogP) is 3.32. The maximum absolute atomic E-state index is 6.51. The number of fused-ring (bicyclic) bond motifs is 3. The molecule has 4 fully saturated rings. The molecule has 7 heteroatoms. The van der Waals surface area contributed by atoms with Gasteiger partial charge in [-0.05, 0) is 51.0 Å². The largest absolute Gasteiger partial charge is 0.352 e. The number of aromatic nitrogens is 3. The first-order valence-electron chi connectivity index (χ1n) is 12.4. The summed E-state index contributed by atoms with van der Waals surface area (Å²) in [6.07, 6.45) is 6.99. The molecule has 5 heterocycles. The highest BCUT2D eigenvalue weighted by Crippen LogP contribution is 2.45. The van der Waals surface area contributed by atoms with Crippen molar-refractivity contribution in [2.75, 3.05) is 19.8 Å². The van der Waals surface area contributed by atoms with E-state index in [9.17, 15) is 0 Å². The van der Waals surface area contributed by atoms with Crippen LogP contribution in [0.4, 0.5) is 0 Å². The van der Waals surface area contributed by atoms with Gasteiger partial charge >= 0.3 is 0 Å². The zero-order chi connectivity index (χ0) is 21.7. The van der Waals surface area contributed by atoms with Crippen molar-refractivity contribution in [1.29, 1.82) is 0 Å². The molecular weight excluding hydrogens is 402 g/mol. The van der Waals surface area contributed by atoms with E-state index >= 15 is 0 Å². The van der Waals surface area contributed by atoms with Crippen molar-refractivity contribution in [3.63, 3.8) is 0 Å². The molecule has 172 valence electrons. The number of hydrogen-bond acceptors (Lipinski definition) is 6. The first kappa shape index (κ1) is 20.8. The first-order valence-corrected chi connectivity index (χ1v) is 12.4. The van der Waals surface area contributed by atoms with Crippen LogP contribution in [0, 0.1) is 12.8 Å². The van der Waals surface area contributed by atoms with E-state index in [1.165, 1.54) is 31.2 Å². The summed E-state index contributed by atoms with van der Waals surface area (Å²) < 4.78 is 14.2. The highest BCUT2D eigenvalue weighted by Gasteiger charge is 2.47. The zero-order valence-corrected chi connectivity index (χ0v) is 19.0. The Morgan fingerprint density at radius 3 is 2.59 bits per heavy atom. The molecule has 32 heavy (non-hydrogen) atoms. The van der Waals surface area contributed by atoms with Gasteiger partial charge in [0.05, 0.1) is 19.1 Å². The minimum atomic E-state index is -0.0442. The summed E-state index contributed by atoms with van der Waals surface area (Å²) >= 11 is 0. The molecule has 3 unspecified atom stereocenters. The Labute approximate surface area is 190 Å². The highest BCUT2D eigenvalue weighted by atomic mass is 16.7. The molecule has 0 radical (unpaired) electrons. The first-order chi connectivity index (χ1) is 15.7. The van der Waals surface area contributed by atoms with Crippen LogP contribution in [0.3, 0.4) is 0 Å². The van der Waals surface area contributed by atoms with Gasteiger partial charge in [-0.25, -0.2) is 0 Å². The van der Waals surface area contributed by atoms with Crippen LogP contribution in [0.15, 0.2) is 30.3 Å². The summed E-state index contributed by atoms with van der Waals surface area (Å²) in [4.78, 5) is 2.75. The molecule has 4 aliphatic rings. The van der Waals surface area contributed by atoms with Crippen LogP contribution >= 0.6 is 0 Å². The Bertz CT molecular complexity index is 920. The van der Waals surface area contributed by atoms with E-state index in [4.69, 9.17) is 15.2 Å². The SMILES string of the molecule is Cc1nnc(C2CO[C@H]3OCC[C@@H]23)n1C1CC2CCC(C1)N2CC[C@H](N)c1ccccc1. The van der Waals surface area contributed by atoms with Crippen molar-refractivity contribution in [3.8, 4) is 0 Å². The van der Waals surface area contributed by atoms with E-state index in [0.717, 1.165) is 37.6 Å². The van der Waals surface area contributed by atoms with Crippen molar-refractivity contribution in [3.05, 3.63) is 47.5 Å². The summed E-state index contributed by atoms with van der Waals surface area (Å²) in [7, 11) is 0. The standard InChI is InChI=1S/C25H35N5O2/c1-16-27-28-24(22-15-32-25-21(22)10-12-31-25)30(16)20-13-18-7-8-19(14-20)29(18)11-9-23(26)17-5-3-2-4-6-17/h2-6,18-23,25H,7-15,26H2,1H3/t18?,19?,20?,21-,22?,23-,25+/m0/s1. The Balaban J connectivity index is 1.15. The lowest BCUT2D eigenvalue weighted by molar-refractivity contribution is -0.0905. The molecule has 7 nitrogen and oxygen atoms in total. The number of benzene rings is 1. The average molecular weight is 438 g/mol. The molecule has 6 rings (SSSR count). The molecule has 0 aliphatic carbocycles. The third-order valence-electron chi connectivity index (χ3n) is 8.41. The number of rotatable bonds is 6. The van der Waals surface area contributed by atoms with Crippen molar-refractivity contribution in [2.45, 2.75) is 81.8 Å². The predicted molar refractivity (Wildman–Crippen MR) is 121 cm³/mol.